The van der Waals surface area contributed by atoms with Crippen molar-refractivity contribution in [3.8, 4) is 11.5 Å². The summed E-state index contributed by atoms with van der Waals surface area (Å²) in [5.41, 5.74) is 10.4. The van der Waals surface area contributed by atoms with E-state index in [-0.39, 0.29) is 36.6 Å². The highest BCUT2D eigenvalue weighted by Gasteiger charge is 2.31. The predicted octanol–water partition coefficient (Wildman–Crippen LogP) is 11.5. The van der Waals surface area contributed by atoms with Gasteiger partial charge in [0.1, 0.15) is 36.1 Å². The quantitative estimate of drug-likeness (QED) is 0.0974. The molecule has 0 saturated carbocycles. The molecule has 0 amide bonds. The molecule has 0 radical (unpaired) electrons. The monoisotopic (exact) mass is 932 g/mol. The van der Waals surface area contributed by atoms with Gasteiger partial charge in [-0.05, 0) is 115 Å². The zero-order chi connectivity index (χ0) is 42.5. The molecule has 60 heavy (non-hydrogen) atoms. The third kappa shape index (κ3) is 8.80. The van der Waals surface area contributed by atoms with Gasteiger partial charge in [-0.15, -0.1) is 0 Å². The fraction of sp³-hybridized carbons (Fsp3) is 0.208. The average molecular weight is 935 g/mol. The number of hydrogen-bond donors (Lipinski definition) is 0. The summed E-state index contributed by atoms with van der Waals surface area (Å²) in [6.07, 6.45) is 0. The van der Waals surface area contributed by atoms with Crippen LogP contribution in [0.3, 0.4) is 0 Å². The van der Waals surface area contributed by atoms with Crippen LogP contribution in [0.15, 0.2) is 127 Å². The minimum Gasteiger partial charge on any atom is -0.496 e. The molecule has 0 bridgehead atoms. The lowest BCUT2D eigenvalue weighted by Crippen LogP contribution is -2.08. The van der Waals surface area contributed by atoms with E-state index in [9.17, 15) is 9.59 Å². The van der Waals surface area contributed by atoms with Crippen LogP contribution in [0.25, 0.3) is 0 Å². The van der Waals surface area contributed by atoms with Gasteiger partial charge in [0.2, 0.25) is 0 Å². The molecule has 2 unspecified atom stereocenters. The maximum atomic E-state index is 13.3. The van der Waals surface area contributed by atoms with Crippen molar-refractivity contribution in [3.05, 3.63) is 197 Å². The molecular weight excluding hydrogens is 892 g/mol. The Bertz CT molecular complexity index is 2410. The SMILES string of the molecule is COc1c(C)cc(C(c2ccccc2)c2noc(C(=O)OCc3ccc(COC(=O)c4onc(C(c5ccccc5)c5cc(C)c(OC)c(C)c5)c4Br)cc3)c2Br)cc1C. The average Bonchev–Trinajstić information content (AvgIpc) is 3.81. The second kappa shape index (κ2) is 18.5. The molecule has 2 aromatic heterocycles. The van der Waals surface area contributed by atoms with Crippen LogP contribution in [0.2, 0.25) is 0 Å². The summed E-state index contributed by atoms with van der Waals surface area (Å²) in [7, 11) is 3.31. The highest BCUT2D eigenvalue weighted by atomic mass is 79.9. The molecule has 2 heterocycles. The van der Waals surface area contributed by atoms with Crippen LogP contribution >= 0.6 is 31.9 Å². The second-order valence-corrected chi connectivity index (χ2v) is 16.0. The summed E-state index contributed by atoms with van der Waals surface area (Å²) in [5, 5.41) is 8.71. The number of benzene rings is 5. The van der Waals surface area contributed by atoms with Gasteiger partial charge in [-0.1, -0.05) is 120 Å². The molecule has 2 atom stereocenters. The van der Waals surface area contributed by atoms with E-state index < -0.39 is 11.9 Å². The predicted molar refractivity (Wildman–Crippen MR) is 233 cm³/mol. The summed E-state index contributed by atoms with van der Waals surface area (Å²) in [4.78, 5) is 26.6. The molecular formula is C48H42Br2N2O8. The zero-order valence-electron chi connectivity index (χ0n) is 33.9. The number of hydrogen-bond acceptors (Lipinski definition) is 10. The first kappa shape index (κ1) is 42.2. The summed E-state index contributed by atoms with van der Waals surface area (Å²) in [6, 6.07) is 35.2. The van der Waals surface area contributed by atoms with Crippen LogP contribution < -0.4 is 9.47 Å². The van der Waals surface area contributed by atoms with E-state index in [0.717, 1.165) is 67.1 Å². The van der Waals surface area contributed by atoms with Gasteiger partial charge >= 0.3 is 11.9 Å². The fourth-order valence-electron chi connectivity index (χ4n) is 7.61. The molecule has 7 rings (SSSR count). The molecule has 0 N–H and O–H groups in total. The van der Waals surface area contributed by atoms with Crippen molar-refractivity contribution in [2.45, 2.75) is 52.7 Å². The largest absolute Gasteiger partial charge is 0.496 e. The van der Waals surface area contributed by atoms with Gasteiger partial charge in [0.15, 0.2) is 0 Å². The maximum Gasteiger partial charge on any atom is 0.378 e. The minimum atomic E-state index is -0.670. The number of nitrogens with zero attached hydrogens (tertiary/aromatic N) is 2. The van der Waals surface area contributed by atoms with Crippen molar-refractivity contribution in [1.82, 2.24) is 10.3 Å². The number of carbonyl (C=O) groups excluding carboxylic acids is 2. The normalized spacial score (nSPS) is 12.1. The van der Waals surface area contributed by atoms with E-state index in [0.29, 0.717) is 20.3 Å². The molecule has 7 aromatic rings. The molecule has 0 aliphatic carbocycles. The Morgan fingerprint density at radius 2 is 0.867 bits per heavy atom. The highest BCUT2D eigenvalue weighted by molar-refractivity contribution is 9.11. The van der Waals surface area contributed by atoms with Gasteiger partial charge in [0.25, 0.3) is 11.5 Å². The Morgan fingerprint density at radius 1 is 0.533 bits per heavy atom. The van der Waals surface area contributed by atoms with Crippen molar-refractivity contribution >= 4 is 43.8 Å². The van der Waals surface area contributed by atoms with E-state index >= 15 is 0 Å². The molecule has 0 spiro atoms. The van der Waals surface area contributed by atoms with Gasteiger partial charge in [0.05, 0.1) is 35.0 Å². The zero-order valence-corrected chi connectivity index (χ0v) is 37.0. The fourth-order valence-corrected chi connectivity index (χ4v) is 8.68. The Hall–Kier alpha value is -5.98. The number of aromatic nitrogens is 2. The lowest BCUT2D eigenvalue weighted by Gasteiger charge is -2.19. The number of carbonyl (C=O) groups is 2. The maximum absolute atomic E-state index is 13.3. The van der Waals surface area contributed by atoms with Crippen LogP contribution in [0, 0.1) is 27.7 Å². The Morgan fingerprint density at radius 3 is 1.18 bits per heavy atom. The van der Waals surface area contributed by atoms with Gasteiger partial charge in [-0.25, -0.2) is 9.59 Å². The van der Waals surface area contributed by atoms with Crippen molar-refractivity contribution in [1.29, 1.82) is 0 Å². The van der Waals surface area contributed by atoms with E-state index in [1.165, 1.54) is 0 Å². The third-order valence-electron chi connectivity index (χ3n) is 10.3. The lowest BCUT2D eigenvalue weighted by molar-refractivity contribution is 0.0412. The number of halogens is 2. The summed E-state index contributed by atoms with van der Waals surface area (Å²) in [5.74, 6) is -0.441. The third-order valence-corrected chi connectivity index (χ3v) is 11.8. The Balaban J connectivity index is 1.01. The van der Waals surface area contributed by atoms with E-state index in [1.807, 2.05) is 88.4 Å². The molecule has 5 aromatic carbocycles. The van der Waals surface area contributed by atoms with Crippen LogP contribution in [-0.2, 0) is 22.7 Å². The van der Waals surface area contributed by atoms with Crippen LogP contribution in [-0.4, -0.2) is 36.5 Å². The molecule has 0 aliphatic rings. The van der Waals surface area contributed by atoms with Crippen LogP contribution in [0.5, 0.6) is 11.5 Å². The van der Waals surface area contributed by atoms with E-state index in [4.69, 9.17) is 28.0 Å². The first-order valence-corrected chi connectivity index (χ1v) is 20.7. The van der Waals surface area contributed by atoms with Crippen molar-refractivity contribution in [2.75, 3.05) is 14.2 Å². The van der Waals surface area contributed by atoms with E-state index in [2.05, 4.69) is 66.4 Å². The second-order valence-electron chi connectivity index (χ2n) is 14.5. The molecule has 306 valence electrons. The number of methoxy groups -OCH3 is 2. The molecule has 12 heteroatoms. The summed E-state index contributed by atoms with van der Waals surface area (Å²) < 4.78 is 34.5. The topological polar surface area (TPSA) is 123 Å². The van der Waals surface area contributed by atoms with Crippen molar-refractivity contribution in [3.63, 3.8) is 0 Å². The molecule has 0 aliphatic heterocycles. The van der Waals surface area contributed by atoms with Crippen LogP contribution in [0.1, 0.15) is 100.0 Å². The Kier molecular flexibility index (Phi) is 13.0. The van der Waals surface area contributed by atoms with Gasteiger partial charge < -0.3 is 28.0 Å². The highest BCUT2D eigenvalue weighted by Crippen LogP contribution is 2.41. The van der Waals surface area contributed by atoms with Crippen LogP contribution in [0.4, 0.5) is 0 Å². The molecule has 10 nitrogen and oxygen atoms in total. The standard InChI is InChI=1S/C48H42Br2N2O8/c1-27-21-35(22-28(2)43(27)55-5)37(33-13-9-7-10-14-33)41-39(49)45(59-51-41)47(53)57-25-31-17-19-32(20-18-31)26-58-48(54)46-40(50)42(52-60-46)38(34-15-11-8-12-16-34)36-23-29(3)44(56-6)30(4)24-36/h7-24,37-38H,25-26H2,1-6H3. The van der Waals surface area contributed by atoms with Gasteiger partial charge in [0, 0.05) is 0 Å². The van der Waals surface area contributed by atoms with Gasteiger partial charge in [-0.3, -0.25) is 0 Å². The van der Waals surface area contributed by atoms with Crippen molar-refractivity contribution < 1.29 is 37.6 Å². The summed E-state index contributed by atoms with van der Waals surface area (Å²) >= 11 is 7.19. The number of aryl methyl sites for hydroxylation is 4. The first-order valence-electron chi connectivity index (χ1n) is 19.1. The first-order chi connectivity index (χ1) is 29.0. The van der Waals surface area contributed by atoms with Crippen molar-refractivity contribution in [2.24, 2.45) is 0 Å². The molecule has 0 saturated heterocycles. The van der Waals surface area contributed by atoms with E-state index in [1.54, 1.807) is 38.5 Å². The van der Waals surface area contributed by atoms with Gasteiger partial charge in [-0.2, -0.15) is 0 Å². The Labute approximate surface area is 365 Å². The number of esters is 2. The minimum absolute atomic E-state index is 0.0238. The number of ether oxygens (including phenoxy) is 4. The summed E-state index contributed by atoms with van der Waals surface area (Å²) in [6.45, 7) is 7.94. The smallest absolute Gasteiger partial charge is 0.378 e. The number of rotatable bonds is 14. The lowest BCUT2D eigenvalue weighted by atomic mass is 9.86. The molecule has 0 fully saturated rings.